The minimum atomic E-state index is -3.42. The fourth-order valence-corrected chi connectivity index (χ4v) is 3.74. The van der Waals surface area contributed by atoms with E-state index >= 15 is 0 Å². The van der Waals surface area contributed by atoms with Crippen LogP contribution in [-0.4, -0.2) is 40.8 Å². The minimum Gasteiger partial charge on any atom is -0.349 e. The van der Waals surface area contributed by atoms with E-state index in [2.05, 4.69) is 39.3 Å². The molecular weight excluding hydrogens is 388 g/mol. The first-order valence-electron chi connectivity index (χ1n) is 9.37. The van der Waals surface area contributed by atoms with Gasteiger partial charge in [-0.3, -0.25) is 4.18 Å². The number of fused-ring (bicyclic) bond motifs is 1. The monoisotopic (exact) mass is 410 g/mol. The summed E-state index contributed by atoms with van der Waals surface area (Å²) in [6, 6.07) is 20.2. The van der Waals surface area contributed by atoms with Crippen LogP contribution in [0.3, 0.4) is 0 Å². The number of rotatable bonds is 8. The van der Waals surface area contributed by atoms with Crippen LogP contribution in [0, 0.1) is 0 Å². The van der Waals surface area contributed by atoms with Crippen molar-refractivity contribution in [1.82, 2.24) is 19.6 Å². The highest BCUT2D eigenvalue weighted by Gasteiger charge is 2.11. The Labute approximate surface area is 169 Å². The van der Waals surface area contributed by atoms with Gasteiger partial charge in [-0.05, 0) is 35.7 Å². The molecule has 0 amide bonds. The van der Waals surface area contributed by atoms with Crippen molar-refractivity contribution < 1.29 is 12.6 Å². The summed E-state index contributed by atoms with van der Waals surface area (Å²) in [5.74, 6) is 0. The van der Waals surface area contributed by atoms with Crippen molar-refractivity contribution in [3.63, 3.8) is 0 Å². The highest BCUT2D eigenvalue weighted by molar-refractivity contribution is 7.85. The molecule has 0 aliphatic carbocycles. The lowest BCUT2D eigenvalue weighted by atomic mass is 10.1. The van der Waals surface area contributed by atoms with Gasteiger partial charge in [0.2, 0.25) is 0 Å². The maximum atomic E-state index is 11.2. The van der Waals surface area contributed by atoms with Gasteiger partial charge in [0.1, 0.15) is 5.52 Å². The van der Waals surface area contributed by atoms with E-state index in [1.165, 1.54) is 0 Å². The predicted octanol–water partition coefficient (Wildman–Crippen LogP) is 3.31. The molecule has 4 aromatic rings. The van der Waals surface area contributed by atoms with Crippen LogP contribution in [0.1, 0.15) is 12.1 Å². The second kappa shape index (κ2) is 8.18. The molecule has 2 heterocycles. The molecule has 0 saturated heterocycles. The van der Waals surface area contributed by atoms with Crippen molar-refractivity contribution in [2.24, 2.45) is 0 Å². The normalized spacial score (nSPS) is 11.9. The van der Waals surface area contributed by atoms with Gasteiger partial charge < -0.3 is 4.57 Å². The molecule has 0 fully saturated rings. The molecule has 2 aromatic carbocycles. The van der Waals surface area contributed by atoms with Gasteiger partial charge in [0.05, 0.1) is 24.9 Å². The number of hydrogen-bond acceptors (Lipinski definition) is 5. The first-order valence-corrected chi connectivity index (χ1v) is 11.2. The number of hydrogen-bond donors (Lipinski definition) is 0. The Balaban J connectivity index is 1.60. The molecule has 4 rings (SSSR count). The molecule has 29 heavy (non-hydrogen) atoms. The molecule has 2 aromatic heterocycles. The van der Waals surface area contributed by atoms with E-state index in [0.29, 0.717) is 19.5 Å². The highest BCUT2D eigenvalue weighted by Crippen LogP contribution is 2.23. The van der Waals surface area contributed by atoms with Crippen LogP contribution in [0.15, 0.2) is 66.9 Å². The van der Waals surface area contributed by atoms with E-state index < -0.39 is 10.1 Å². The SMILES string of the molecule is CS(=O)(=O)OCCCn1cc(-c2ccccc2)cc1Cn1nnc2ccccc21. The zero-order chi connectivity index (χ0) is 20.3. The summed E-state index contributed by atoms with van der Waals surface area (Å²) in [5, 5.41) is 8.52. The molecule has 0 atom stereocenters. The lowest BCUT2D eigenvalue weighted by Crippen LogP contribution is -2.11. The third-order valence-corrected chi connectivity index (χ3v) is 5.26. The first kappa shape index (κ1) is 19.4. The van der Waals surface area contributed by atoms with Crippen molar-refractivity contribution in [2.45, 2.75) is 19.5 Å². The van der Waals surface area contributed by atoms with E-state index in [1.54, 1.807) is 0 Å². The number of aromatic nitrogens is 4. The number of nitrogens with zero attached hydrogens (tertiary/aromatic N) is 4. The van der Waals surface area contributed by atoms with E-state index in [0.717, 1.165) is 34.1 Å². The van der Waals surface area contributed by atoms with Gasteiger partial charge in [0.25, 0.3) is 10.1 Å². The van der Waals surface area contributed by atoms with Crippen LogP contribution in [0.2, 0.25) is 0 Å². The van der Waals surface area contributed by atoms with Gasteiger partial charge in [-0.2, -0.15) is 8.42 Å². The molecule has 0 bridgehead atoms. The van der Waals surface area contributed by atoms with Gasteiger partial charge in [0.15, 0.2) is 0 Å². The summed E-state index contributed by atoms with van der Waals surface area (Å²) in [6.07, 6.45) is 3.74. The van der Waals surface area contributed by atoms with Gasteiger partial charge in [-0.1, -0.05) is 47.7 Å². The standard InChI is InChI=1S/C21H22N4O3S/c1-29(26,27)28-13-7-12-24-15-18(17-8-3-2-4-9-17)14-19(24)16-25-21-11-6-5-10-20(21)22-23-25/h2-6,8-11,14-15H,7,12-13,16H2,1H3. The van der Waals surface area contributed by atoms with E-state index in [-0.39, 0.29) is 6.61 Å². The molecule has 0 spiro atoms. The number of benzene rings is 2. The van der Waals surface area contributed by atoms with E-state index in [9.17, 15) is 8.42 Å². The highest BCUT2D eigenvalue weighted by atomic mass is 32.2. The summed E-state index contributed by atoms with van der Waals surface area (Å²) in [7, 11) is -3.42. The van der Waals surface area contributed by atoms with E-state index in [4.69, 9.17) is 4.18 Å². The molecule has 150 valence electrons. The number of para-hydroxylation sites is 1. The molecular formula is C21H22N4O3S. The van der Waals surface area contributed by atoms with Crippen LogP contribution in [0.25, 0.3) is 22.2 Å². The topological polar surface area (TPSA) is 79.0 Å². The van der Waals surface area contributed by atoms with Crippen LogP contribution in [0.4, 0.5) is 0 Å². The minimum absolute atomic E-state index is 0.156. The average molecular weight is 410 g/mol. The molecule has 0 N–H and O–H groups in total. The Hall–Kier alpha value is -2.97. The Kier molecular flexibility index (Phi) is 5.46. The van der Waals surface area contributed by atoms with Crippen LogP contribution in [0.5, 0.6) is 0 Å². The summed E-state index contributed by atoms with van der Waals surface area (Å²) in [6.45, 7) is 1.37. The quantitative estimate of drug-likeness (QED) is 0.329. The van der Waals surface area contributed by atoms with Crippen molar-refractivity contribution in [3.8, 4) is 11.1 Å². The second-order valence-corrected chi connectivity index (χ2v) is 8.54. The smallest absolute Gasteiger partial charge is 0.264 e. The molecule has 0 aliphatic rings. The van der Waals surface area contributed by atoms with Gasteiger partial charge >= 0.3 is 0 Å². The van der Waals surface area contributed by atoms with Crippen LogP contribution < -0.4 is 0 Å². The first-order chi connectivity index (χ1) is 14.0. The third-order valence-electron chi connectivity index (χ3n) is 4.67. The van der Waals surface area contributed by atoms with Crippen molar-refractivity contribution >= 4 is 21.2 Å². The van der Waals surface area contributed by atoms with Crippen molar-refractivity contribution in [2.75, 3.05) is 12.9 Å². The van der Waals surface area contributed by atoms with E-state index in [1.807, 2.05) is 47.1 Å². The second-order valence-electron chi connectivity index (χ2n) is 6.89. The Bertz CT molecular complexity index is 1210. The lowest BCUT2D eigenvalue weighted by molar-refractivity contribution is 0.306. The largest absolute Gasteiger partial charge is 0.349 e. The van der Waals surface area contributed by atoms with Gasteiger partial charge in [-0.25, -0.2) is 4.68 Å². The third kappa shape index (κ3) is 4.72. The predicted molar refractivity (Wildman–Crippen MR) is 112 cm³/mol. The fraction of sp³-hybridized carbons (Fsp3) is 0.238. The van der Waals surface area contributed by atoms with Crippen molar-refractivity contribution in [3.05, 3.63) is 72.6 Å². The fourth-order valence-electron chi connectivity index (χ4n) is 3.32. The summed E-state index contributed by atoms with van der Waals surface area (Å²) < 4.78 is 31.3. The summed E-state index contributed by atoms with van der Waals surface area (Å²) >= 11 is 0. The maximum absolute atomic E-state index is 11.2. The summed E-state index contributed by atoms with van der Waals surface area (Å²) in [4.78, 5) is 0. The average Bonchev–Trinajstić information content (AvgIpc) is 3.30. The van der Waals surface area contributed by atoms with Gasteiger partial charge in [-0.15, -0.1) is 5.10 Å². The molecule has 0 aliphatic heterocycles. The van der Waals surface area contributed by atoms with Gasteiger partial charge in [0, 0.05) is 18.4 Å². The maximum Gasteiger partial charge on any atom is 0.264 e. The van der Waals surface area contributed by atoms with Crippen molar-refractivity contribution in [1.29, 1.82) is 0 Å². The van der Waals surface area contributed by atoms with Crippen LogP contribution in [-0.2, 0) is 27.4 Å². The zero-order valence-electron chi connectivity index (χ0n) is 16.1. The zero-order valence-corrected chi connectivity index (χ0v) is 16.9. The van der Waals surface area contributed by atoms with Crippen LogP contribution >= 0.6 is 0 Å². The Morgan fingerprint density at radius 1 is 1.00 bits per heavy atom. The number of aryl methyl sites for hydroxylation is 1. The Morgan fingerprint density at radius 2 is 1.76 bits per heavy atom. The lowest BCUT2D eigenvalue weighted by Gasteiger charge is -2.09. The molecule has 0 saturated carbocycles. The summed E-state index contributed by atoms with van der Waals surface area (Å²) in [5.41, 5.74) is 5.13. The molecule has 7 nitrogen and oxygen atoms in total. The molecule has 0 radical (unpaired) electrons. The molecule has 8 heteroatoms. The molecule has 0 unspecified atom stereocenters. The Morgan fingerprint density at radius 3 is 2.55 bits per heavy atom.